The molecule has 4 aliphatic heterocycles. The van der Waals surface area contributed by atoms with Gasteiger partial charge in [-0.15, -0.1) is 0 Å². The lowest BCUT2D eigenvalue weighted by molar-refractivity contribution is -0.146. The number of nitrogens with one attached hydrogen (secondary N) is 7. The lowest BCUT2D eigenvalue weighted by Gasteiger charge is -2.37. The minimum atomic E-state index is -1.62. The van der Waals surface area contributed by atoms with Crippen molar-refractivity contribution in [2.24, 2.45) is 5.73 Å². The van der Waals surface area contributed by atoms with E-state index in [0.29, 0.717) is 87.6 Å². The molecule has 95 heavy (non-hydrogen) atoms. The molecule has 2 saturated heterocycles. The van der Waals surface area contributed by atoms with E-state index in [4.69, 9.17) is 10.5 Å². The smallest absolute Gasteiger partial charge is 0.303 e. The number of rotatable bonds is 10. The first-order valence-electron chi connectivity index (χ1n) is 32.0. The molecule has 5 aromatic rings. The molecule has 0 spiro atoms. The van der Waals surface area contributed by atoms with E-state index in [-0.39, 0.29) is 57.4 Å². The summed E-state index contributed by atoms with van der Waals surface area (Å²) in [5, 5.41) is 26.6. The molecule has 10 N–H and O–H groups in total. The van der Waals surface area contributed by atoms with E-state index in [1.54, 1.807) is 55.1 Å². The molecule has 9 atom stereocenters. The number of hydrogen-bond donors (Lipinski definition) is 9. The zero-order valence-electron chi connectivity index (χ0n) is 53.6. The molecule has 5 heterocycles. The summed E-state index contributed by atoms with van der Waals surface area (Å²) in [7, 11) is 1.50. The van der Waals surface area contributed by atoms with E-state index >= 15 is 14.4 Å². The molecular weight excluding hydrogens is 1260 g/mol. The Labute approximate surface area is 558 Å². The first-order valence-corrected chi connectivity index (χ1v) is 34.3. The Hall–Kier alpha value is -8.62. The van der Waals surface area contributed by atoms with E-state index in [2.05, 4.69) is 36.9 Å². The number of amides is 8. The molecule has 0 radical (unpaired) electrons. The second-order valence-electron chi connectivity index (χ2n) is 25.0. The number of carbonyl (C=O) groups excluding carboxylic acids is 9. The monoisotopic (exact) mass is 1340 g/mol. The Morgan fingerprint density at radius 3 is 2.03 bits per heavy atom. The number of aromatic nitrogens is 1. The molecule has 8 amide bonds. The van der Waals surface area contributed by atoms with Crippen molar-refractivity contribution in [3.8, 4) is 5.75 Å². The number of ether oxygens (including phenoxy) is 1. The normalized spacial score (nSPS) is 25.4. The average Bonchev–Trinajstić information content (AvgIpc) is 1.71. The summed E-state index contributed by atoms with van der Waals surface area (Å²) in [6, 6.07) is 12.3. The Kier molecular flexibility index (Phi) is 24.0. The molecule has 5 aliphatic rings. The molecule has 26 heteroatoms. The number of thioether (sulfide) groups is 2. The second kappa shape index (κ2) is 32.2. The Morgan fingerprint density at radius 1 is 0.695 bits per heavy atom. The maximum atomic E-state index is 15.5. The van der Waals surface area contributed by atoms with Crippen molar-refractivity contribution in [2.75, 3.05) is 31.7 Å². The zero-order chi connectivity index (χ0) is 68.1. The van der Waals surface area contributed by atoms with Crippen molar-refractivity contribution in [3.05, 3.63) is 142 Å². The summed E-state index contributed by atoms with van der Waals surface area (Å²) in [5.41, 5.74) is 10.6. The van der Waals surface area contributed by atoms with Gasteiger partial charge in [-0.05, 0) is 146 Å². The standard InChI is InChI=1S/C69H82F2N10O12S2/c1-39-62(86)75-40(2)63(87)77-55(31-46-35-73-53-21-18-48(71)33-52(46)53)65(89)79-57(30-45-15-14-44-16-17-47(70)32-51(44)45)67(91)80-36-49(72)34-58(80)66(90)76-54(22-23-61(84)85)64(88)78-56(29-41-12-19-50(93-4)20-13-41)68(92)81-26-6-25-69(81,3)59(82)7-5-27-94-37-42-8-10-43(11-9-42)38-95-28-24-60(83)74-39/h8-13,15-21,32-33,35,39-40,49,54-58,73H,5-7,14,22-31,34,36-38,72H2,1-4H3,(H,74,83)(H,75,86)(H,76,90)(H,77,87)(H,78,88)(H,79,89)(H,84,85)/t39-,40+,49-,54-,55-,56-,57-,58-,69-/m0/s1. The number of H-pyrrole nitrogens is 1. The van der Waals surface area contributed by atoms with Gasteiger partial charge in [-0.25, -0.2) is 8.78 Å². The third-order valence-electron chi connectivity index (χ3n) is 18.0. The van der Waals surface area contributed by atoms with Crippen LogP contribution in [0.15, 0.2) is 97.2 Å². The number of aliphatic carboxylic acids is 1. The molecule has 2 bridgehead atoms. The van der Waals surface area contributed by atoms with Crippen molar-refractivity contribution < 1.29 is 66.6 Å². The maximum Gasteiger partial charge on any atom is 0.303 e. The van der Waals surface area contributed by atoms with Gasteiger partial charge in [0.15, 0.2) is 5.78 Å². The fourth-order valence-electron chi connectivity index (χ4n) is 12.6. The van der Waals surface area contributed by atoms with Crippen LogP contribution in [0.2, 0.25) is 0 Å². The van der Waals surface area contributed by atoms with Crippen molar-refractivity contribution in [1.82, 2.24) is 46.7 Å². The lowest BCUT2D eigenvalue weighted by Crippen LogP contribution is -2.61. The van der Waals surface area contributed by atoms with Crippen molar-refractivity contribution in [1.29, 1.82) is 0 Å². The number of carboxylic acids is 1. The Morgan fingerprint density at radius 2 is 1.33 bits per heavy atom. The number of Topliss-reactive ketones (excluding diaryl/α,β-unsaturated/α-hetero) is 1. The van der Waals surface area contributed by atoms with E-state index in [1.807, 2.05) is 24.3 Å². The zero-order valence-corrected chi connectivity index (χ0v) is 55.2. The number of methoxy groups -OCH3 is 1. The van der Waals surface area contributed by atoms with Crippen LogP contribution in [-0.4, -0.2) is 164 Å². The van der Waals surface area contributed by atoms with E-state index < -0.39 is 132 Å². The second-order valence-corrected chi connectivity index (χ2v) is 27.2. The highest BCUT2D eigenvalue weighted by atomic mass is 32.2. The molecule has 10 rings (SSSR count). The number of allylic oxidation sites excluding steroid dienone is 1. The number of nitrogens with two attached hydrogens (primary N) is 1. The fraction of sp³-hybridized carbons (Fsp3) is 0.449. The van der Waals surface area contributed by atoms with Crippen LogP contribution in [0.4, 0.5) is 8.78 Å². The van der Waals surface area contributed by atoms with Crippen LogP contribution >= 0.6 is 23.5 Å². The number of halogens is 2. The van der Waals surface area contributed by atoms with Crippen molar-refractivity contribution >= 4 is 99.0 Å². The first-order chi connectivity index (χ1) is 45.5. The average molecular weight is 1350 g/mol. The molecule has 0 unspecified atom stereocenters. The molecule has 0 saturated carbocycles. The number of carbonyl (C=O) groups is 10. The SMILES string of the molecule is COc1ccc(C[C@@H]2NC(=O)[C@H](CCC(=O)O)NC(=O)[C@@H]3C[C@H](N)CN3C(=O)[C@H](CC3=CCc4ccc(F)cc43)NC(=O)[C@H](Cc3c[nH]c4ccc(F)cc34)NC(=O)[C@@H](C)NC(=O)[C@H](C)NC(=O)CCSCc3ccc(cc3)CSCCCC(=O)[C@]3(C)CCCN3C2=O)cc1. The van der Waals surface area contributed by atoms with Gasteiger partial charge < -0.3 is 62.3 Å². The van der Waals surface area contributed by atoms with E-state index in [1.165, 1.54) is 74.1 Å². The number of ketones is 1. The van der Waals surface area contributed by atoms with Gasteiger partial charge in [-0.2, -0.15) is 23.5 Å². The van der Waals surface area contributed by atoms with Gasteiger partial charge in [0.2, 0.25) is 47.3 Å². The van der Waals surface area contributed by atoms with Gasteiger partial charge >= 0.3 is 5.97 Å². The predicted octanol–water partition coefficient (Wildman–Crippen LogP) is 5.31. The van der Waals surface area contributed by atoms with Gasteiger partial charge in [0, 0.05) is 92.0 Å². The van der Waals surface area contributed by atoms with Crippen LogP contribution in [-0.2, 0) is 78.7 Å². The lowest BCUT2D eigenvalue weighted by atomic mass is 9.89. The summed E-state index contributed by atoms with van der Waals surface area (Å²) in [4.78, 5) is 149. The number of nitrogens with zero attached hydrogens (tertiary/aromatic N) is 2. The van der Waals surface area contributed by atoms with E-state index in [9.17, 15) is 47.4 Å². The van der Waals surface area contributed by atoms with Gasteiger partial charge in [0.05, 0.1) is 12.6 Å². The Bertz CT molecular complexity index is 3720. The molecule has 2 fully saturated rings. The molecule has 506 valence electrons. The third kappa shape index (κ3) is 18.2. The maximum absolute atomic E-state index is 15.5. The predicted molar refractivity (Wildman–Crippen MR) is 356 cm³/mol. The van der Waals surface area contributed by atoms with E-state index in [0.717, 1.165) is 21.6 Å². The first kappa shape index (κ1) is 70.7. The molecule has 1 aliphatic carbocycles. The van der Waals surface area contributed by atoms with Crippen LogP contribution in [0.3, 0.4) is 0 Å². The molecular formula is C69H82F2N10O12S2. The van der Waals surface area contributed by atoms with Crippen LogP contribution in [0.25, 0.3) is 16.5 Å². The summed E-state index contributed by atoms with van der Waals surface area (Å²) in [6.45, 7) is 4.52. The number of aromatic amines is 1. The third-order valence-corrected chi connectivity index (χ3v) is 20.1. The minimum absolute atomic E-state index is 0.0791. The van der Waals surface area contributed by atoms with Gasteiger partial charge in [0.25, 0.3) is 0 Å². The highest BCUT2D eigenvalue weighted by Crippen LogP contribution is 2.35. The van der Waals surface area contributed by atoms with Gasteiger partial charge in [-0.3, -0.25) is 47.9 Å². The quantitative estimate of drug-likeness (QED) is 0.0800. The highest BCUT2D eigenvalue weighted by molar-refractivity contribution is 7.98. The summed E-state index contributed by atoms with van der Waals surface area (Å²) in [5.74, 6) is -5.81. The van der Waals surface area contributed by atoms with Crippen molar-refractivity contribution in [2.45, 2.75) is 163 Å². The fourth-order valence-corrected chi connectivity index (χ4v) is 14.4. The molecule has 1 aromatic heterocycles. The molecule has 22 nitrogen and oxygen atoms in total. The van der Waals surface area contributed by atoms with Crippen LogP contribution in [0.5, 0.6) is 5.75 Å². The topological polar surface area (TPSA) is 321 Å². The number of benzene rings is 4. The van der Waals surface area contributed by atoms with Crippen molar-refractivity contribution in [3.63, 3.8) is 0 Å². The van der Waals surface area contributed by atoms with Gasteiger partial charge in [0.1, 0.15) is 59.7 Å². The number of hydrogen-bond acceptors (Lipinski definition) is 14. The number of carboxylic acid groups (broad SMARTS) is 1. The highest BCUT2D eigenvalue weighted by Gasteiger charge is 2.48. The molecule has 4 aromatic carbocycles. The largest absolute Gasteiger partial charge is 0.497 e. The van der Waals surface area contributed by atoms with Gasteiger partial charge in [-0.1, -0.05) is 48.5 Å². The summed E-state index contributed by atoms with van der Waals surface area (Å²) in [6.07, 6.45) is 3.42. The number of fused-ring (bicyclic) bond motifs is 31. The minimum Gasteiger partial charge on any atom is -0.497 e. The Balaban J connectivity index is 1.03. The van der Waals surface area contributed by atoms with Crippen LogP contribution < -0.4 is 42.4 Å². The van der Waals surface area contributed by atoms with Crippen LogP contribution in [0, 0.1) is 11.6 Å². The van der Waals surface area contributed by atoms with Crippen LogP contribution in [0.1, 0.15) is 112 Å². The summed E-state index contributed by atoms with van der Waals surface area (Å²) < 4.78 is 35.2. The summed E-state index contributed by atoms with van der Waals surface area (Å²) >= 11 is 3.21.